The minimum Gasteiger partial charge on any atom is -0.396 e. The normalized spacial score (nSPS) is 27.0. The van der Waals surface area contributed by atoms with Crippen LogP contribution in [0.4, 0.5) is 0 Å². The molecule has 0 saturated heterocycles. The van der Waals surface area contributed by atoms with Crippen LogP contribution in [-0.2, 0) is 0 Å². The molecule has 2 unspecified atom stereocenters. The van der Waals surface area contributed by atoms with E-state index in [2.05, 4.69) is 19.2 Å². The second kappa shape index (κ2) is 6.58. The summed E-state index contributed by atoms with van der Waals surface area (Å²) < 4.78 is 0. The maximum absolute atomic E-state index is 9.30. The van der Waals surface area contributed by atoms with Crippen LogP contribution >= 0.6 is 0 Å². The standard InChI is InChI=1S/C13H27NO2/c1-13(2,10-16)9-14-7-11-5-3-4-6-12(11)8-15/h11-12,14-16H,3-10H2,1-2H3. The second-order valence-electron chi connectivity index (χ2n) is 5.94. The van der Waals surface area contributed by atoms with E-state index in [1.807, 2.05) is 0 Å². The van der Waals surface area contributed by atoms with Crippen molar-refractivity contribution in [3.05, 3.63) is 0 Å². The van der Waals surface area contributed by atoms with Crippen molar-refractivity contribution in [1.29, 1.82) is 0 Å². The lowest BCUT2D eigenvalue weighted by atomic mass is 9.79. The van der Waals surface area contributed by atoms with Crippen molar-refractivity contribution in [3.8, 4) is 0 Å². The van der Waals surface area contributed by atoms with Gasteiger partial charge in [0, 0.05) is 25.2 Å². The first kappa shape index (κ1) is 13.9. The quantitative estimate of drug-likeness (QED) is 0.645. The Morgan fingerprint density at radius 1 is 1.12 bits per heavy atom. The Balaban J connectivity index is 2.25. The zero-order valence-corrected chi connectivity index (χ0v) is 10.7. The van der Waals surface area contributed by atoms with Crippen LogP contribution in [0.3, 0.4) is 0 Å². The minimum atomic E-state index is -0.0383. The lowest BCUT2D eigenvalue weighted by Crippen LogP contribution is -2.38. The van der Waals surface area contributed by atoms with E-state index in [4.69, 9.17) is 5.11 Å². The Morgan fingerprint density at radius 3 is 2.31 bits per heavy atom. The number of hydrogen-bond donors (Lipinski definition) is 3. The van der Waals surface area contributed by atoms with Gasteiger partial charge in [-0.2, -0.15) is 0 Å². The van der Waals surface area contributed by atoms with Crippen molar-refractivity contribution in [3.63, 3.8) is 0 Å². The molecule has 1 aliphatic carbocycles. The predicted octanol–water partition coefficient (Wildman–Crippen LogP) is 1.39. The fourth-order valence-corrected chi connectivity index (χ4v) is 2.45. The van der Waals surface area contributed by atoms with Gasteiger partial charge in [0.2, 0.25) is 0 Å². The topological polar surface area (TPSA) is 52.5 Å². The molecule has 3 N–H and O–H groups in total. The van der Waals surface area contributed by atoms with Gasteiger partial charge in [0.1, 0.15) is 0 Å². The number of aliphatic hydroxyl groups excluding tert-OH is 2. The summed E-state index contributed by atoms with van der Waals surface area (Å²) in [6.45, 7) is 6.49. The minimum absolute atomic E-state index is 0.0383. The van der Waals surface area contributed by atoms with Crippen LogP contribution in [0.25, 0.3) is 0 Å². The smallest absolute Gasteiger partial charge is 0.0494 e. The summed E-state index contributed by atoms with van der Waals surface area (Å²) in [6.07, 6.45) is 4.97. The molecular formula is C13H27NO2. The Kier molecular flexibility index (Phi) is 5.73. The summed E-state index contributed by atoms with van der Waals surface area (Å²) in [6, 6.07) is 0. The lowest BCUT2D eigenvalue weighted by molar-refractivity contribution is 0.122. The van der Waals surface area contributed by atoms with Crippen molar-refractivity contribution in [2.24, 2.45) is 17.3 Å². The monoisotopic (exact) mass is 229 g/mol. The van der Waals surface area contributed by atoms with E-state index in [-0.39, 0.29) is 12.0 Å². The third kappa shape index (κ3) is 4.40. The molecule has 96 valence electrons. The molecule has 0 aromatic heterocycles. The molecule has 0 bridgehead atoms. The van der Waals surface area contributed by atoms with Gasteiger partial charge in [-0.1, -0.05) is 26.7 Å². The highest BCUT2D eigenvalue weighted by Crippen LogP contribution is 2.29. The van der Waals surface area contributed by atoms with Gasteiger partial charge >= 0.3 is 0 Å². The number of nitrogens with one attached hydrogen (secondary N) is 1. The molecule has 0 radical (unpaired) electrons. The fourth-order valence-electron chi connectivity index (χ4n) is 2.45. The zero-order chi connectivity index (χ0) is 12.0. The fraction of sp³-hybridized carbons (Fsp3) is 1.00. The molecule has 3 nitrogen and oxygen atoms in total. The SMILES string of the molecule is CC(C)(CO)CNCC1CCCCC1CO. The molecule has 3 heteroatoms. The molecule has 0 aromatic carbocycles. The van der Waals surface area contributed by atoms with E-state index in [1.165, 1.54) is 25.7 Å². The highest BCUT2D eigenvalue weighted by atomic mass is 16.3. The van der Waals surface area contributed by atoms with E-state index in [1.54, 1.807) is 0 Å². The molecule has 16 heavy (non-hydrogen) atoms. The third-order valence-electron chi connectivity index (χ3n) is 3.74. The van der Waals surface area contributed by atoms with Crippen molar-refractivity contribution >= 4 is 0 Å². The van der Waals surface area contributed by atoms with Gasteiger partial charge in [0.25, 0.3) is 0 Å². The molecule has 0 amide bonds. The molecule has 0 aromatic rings. The number of rotatable bonds is 6. The van der Waals surface area contributed by atoms with Crippen molar-refractivity contribution < 1.29 is 10.2 Å². The molecule has 0 spiro atoms. The van der Waals surface area contributed by atoms with Crippen LogP contribution in [0, 0.1) is 17.3 Å². The van der Waals surface area contributed by atoms with Crippen molar-refractivity contribution in [1.82, 2.24) is 5.32 Å². The first-order valence-corrected chi connectivity index (χ1v) is 6.51. The largest absolute Gasteiger partial charge is 0.396 e. The van der Waals surface area contributed by atoms with Crippen molar-refractivity contribution in [2.45, 2.75) is 39.5 Å². The summed E-state index contributed by atoms with van der Waals surface area (Å²) in [5.74, 6) is 1.10. The highest BCUT2D eigenvalue weighted by molar-refractivity contribution is 4.78. The van der Waals surface area contributed by atoms with Crippen LogP contribution < -0.4 is 5.32 Å². The Hall–Kier alpha value is -0.120. The van der Waals surface area contributed by atoms with E-state index in [0.29, 0.717) is 18.4 Å². The molecular weight excluding hydrogens is 202 g/mol. The average molecular weight is 229 g/mol. The van der Waals surface area contributed by atoms with Gasteiger partial charge in [-0.3, -0.25) is 0 Å². The number of aliphatic hydroxyl groups is 2. The lowest BCUT2D eigenvalue weighted by Gasteiger charge is -2.31. The summed E-state index contributed by atoms with van der Waals surface area (Å²) >= 11 is 0. The first-order chi connectivity index (χ1) is 7.59. The van der Waals surface area contributed by atoms with Crippen LogP contribution in [0.1, 0.15) is 39.5 Å². The van der Waals surface area contributed by atoms with E-state index in [9.17, 15) is 5.11 Å². The van der Waals surface area contributed by atoms with E-state index >= 15 is 0 Å². The molecule has 2 atom stereocenters. The molecule has 0 aliphatic heterocycles. The van der Waals surface area contributed by atoms with E-state index in [0.717, 1.165) is 13.1 Å². The van der Waals surface area contributed by atoms with Gasteiger partial charge in [0.05, 0.1) is 0 Å². The molecule has 1 rings (SSSR count). The average Bonchev–Trinajstić information content (AvgIpc) is 2.29. The van der Waals surface area contributed by atoms with Gasteiger partial charge in [-0.15, -0.1) is 0 Å². The molecule has 1 aliphatic rings. The third-order valence-corrected chi connectivity index (χ3v) is 3.74. The maximum Gasteiger partial charge on any atom is 0.0494 e. The summed E-state index contributed by atoms with van der Waals surface area (Å²) in [7, 11) is 0. The summed E-state index contributed by atoms with van der Waals surface area (Å²) in [4.78, 5) is 0. The van der Waals surface area contributed by atoms with Gasteiger partial charge in [-0.25, -0.2) is 0 Å². The van der Waals surface area contributed by atoms with Crippen LogP contribution in [0.2, 0.25) is 0 Å². The maximum atomic E-state index is 9.30. The highest BCUT2D eigenvalue weighted by Gasteiger charge is 2.24. The first-order valence-electron chi connectivity index (χ1n) is 6.51. The van der Waals surface area contributed by atoms with Crippen molar-refractivity contribution in [2.75, 3.05) is 26.3 Å². The Bertz CT molecular complexity index is 194. The molecule has 1 fully saturated rings. The van der Waals surface area contributed by atoms with Gasteiger partial charge in [-0.05, 0) is 31.2 Å². The van der Waals surface area contributed by atoms with Crippen LogP contribution in [0.15, 0.2) is 0 Å². The number of hydrogen-bond acceptors (Lipinski definition) is 3. The molecule has 1 saturated carbocycles. The summed E-state index contributed by atoms with van der Waals surface area (Å²) in [5, 5.41) is 21.9. The Labute approximate surface area is 99.3 Å². The molecule has 0 heterocycles. The zero-order valence-electron chi connectivity index (χ0n) is 10.7. The predicted molar refractivity (Wildman–Crippen MR) is 66.3 cm³/mol. The van der Waals surface area contributed by atoms with Crippen LogP contribution in [-0.4, -0.2) is 36.5 Å². The van der Waals surface area contributed by atoms with E-state index < -0.39 is 0 Å². The Morgan fingerprint density at radius 2 is 1.75 bits per heavy atom. The van der Waals surface area contributed by atoms with Gasteiger partial charge in [0.15, 0.2) is 0 Å². The van der Waals surface area contributed by atoms with Gasteiger partial charge < -0.3 is 15.5 Å². The second-order valence-corrected chi connectivity index (χ2v) is 5.94. The van der Waals surface area contributed by atoms with Crippen LogP contribution in [0.5, 0.6) is 0 Å². The summed E-state index contributed by atoms with van der Waals surface area (Å²) in [5.41, 5.74) is -0.0383.